The van der Waals surface area contributed by atoms with E-state index in [0.717, 1.165) is 55.8 Å². The van der Waals surface area contributed by atoms with Gasteiger partial charge in [0.2, 0.25) is 5.91 Å². The average Bonchev–Trinajstić information content (AvgIpc) is 2.96. The van der Waals surface area contributed by atoms with Gasteiger partial charge in [0.1, 0.15) is 0 Å². The molecule has 2 aliphatic rings. The fourth-order valence-corrected chi connectivity index (χ4v) is 4.03. The maximum absolute atomic E-state index is 12.5. The number of nitrogens with one attached hydrogen (secondary N) is 1. The van der Waals surface area contributed by atoms with Gasteiger partial charge in [0.05, 0.1) is 6.04 Å². The van der Waals surface area contributed by atoms with Crippen LogP contribution in [0, 0.1) is 0 Å². The molecular weight excluding hydrogens is 318 g/mol. The topological polar surface area (TPSA) is 35.6 Å². The number of hydrogen-bond acceptors (Lipinski definition) is 4. The van der Waals surface area contributed by atoms with E-state index < -0.39 is 0 Å². The predicted octanol–water partition coefficient (Wildman–Crippen LogP) is 2.04. The molecular formula is C16H22ClN3OS. The molecule has 0 radical (unpaired) electrons. The quantitative estimate of drug-likeness (QED) is 0.914. The van der Waals surface area contributed by atoms with Crippen molar-refractivity contribution in [3.8, 4) is 0 Å². The van der Waals surface area contributed by atoms with E-state index in [4.69, 9.17) is 11.6 Å². The molecule has 1 amide bonds. The number of carbonyl (C=O) groups excluding carboxylic acids is 1. The van der Waals surface area contributed by atoms with Crippen LogP contribution in [0.5, 0.6) is 0 Å². The molecule has 1 atom stereocenters. The lowest BCUT2D eigenvalue weighted by molar-refractivity contribution is -0.132. The van der Waals surface area contributed by atoms with Crippen molar-refractivity contribution in [1.82, 2.24) is 15.1 Å². The third-order valence-electron chi connectivity index (χ3n) is 4.23. The predicted molar refractivity (Wildman–Crippen MR) is 92.2 cm³/mol. The highest BCUT2D eigenvalue weighted by molar-refractivity contribution is 7.99. The third kappa shape index (κ3) is 4.16. The van der Waals surface area contributed by atoms with E-state index in [9.17, 15) is 4.79 Å². The zero-order valence-corrected chi connectivity index (χ0v) is 14.2. The van der Waals surface area contributed by atoms with Crippen molar-refractivity contribution in [3.05, 3.63) is 34.9 Å². The zero-order valence-electron chi connectivity index (χ0n) is 12.6. The molecule has 1 aromatic carbocycles. The van der Waals surface area contributed by atoms with Gasteiger partial charge >= 0.3 is 0 Å². The molecule has 0 saturated carbocycles. The van der Waals surface area contributed by atoms with Crippen molar-refractivity contribution < 1.29 is 4.79 Å². The van der Waals surface area contributed by atoms with Crippen molar-refractivity contribution in [2.24, 2.45) is 0 Å². The zero-order chi connectivity index (χ0) is 15.4. The maximum Gasteiger partial charge on any atom is 0.240 e. The molecule has 0 aromatic heterocycles. The van der Waals surface area contributed by atoms with Gasteiger partial charge in [-0.1, -0.05) is 23.7 Å². The Balaban J connectivity index is 1.53. The summed E-state index contributed by atoms with van der Waals surface area (Å²) in [5.74, 6) is 2.08. The van der Waals surface area contributed by atoms with Gasteiger partial charge in [-0.05, 0) is 24.1 Å². The smallest absolute Gasteiger partial charge is 0.240 e. The minimum atomic E-state index is 0.0211. The normalized spacial score (nSPS) is 23.5. The molecule has 0 bridgehead atoms. The molecule has 2 saturated heterocycles. The van der Waals surface area contributed by atoms with Crippen LogP contribution in [0.25, 0.3) is 0 Å². The Morgan fingerprint density at radius 1 is 1.23 bits per heavy atom. The summed E-state index contributed by atoms with van der Waals surface area (Å²) in [7, 11) is 0. The Morgan fingerprint density at radius 3 is 2.77 bits per heavy atom. The molecule has 2 aliphatic heterocycles. The first-order valence-corrected chi connectivity index (χ1v) is 9.32. The van der Waals surface area contributed by atoms with Gasteiger partial charge in [-0.2, -0.15) is 0 Å². The van der Waals surface area contributed by atoms with E-state index in [2.05, 4.69) is 22.3 Å². The number of benzene rings is 1. The number of halogens is 1. The second-order valence-electron chi connectivity index (χ2n) is 5.85. The van der Waals surface area contributed by atoms with Crippen LogP contribution >= 0.6 is 23.4 Å². The summed E-state index contributed by atoms with van der Waals surface area (Å²) in [5.41, 5.74) is 1.28. The lowest BCUT2D eigenvalue weighted by Gasteiger charge is -2.24. The van der Waals surface area contributed by atoms with Crippen LogP contribution in [0.1, 0.15) is 12.0 Å². The van der Waals surface area contributed by atoms with Gasteiger partial charge < -0.3 is 4.90 Å². The number of rotatable bonds is 3. The van der Waals surface area contributed by atoms with Crippen molar-refractivity contribution in [3.63, 3.8) is 0 Å². The summed E-state index contributed by atoms with van der Waals surface area (Å²) in [6.45, 7) is 4.61. The van der Waals surface area contributed by atoms with E-state index in [-0.39, 0.29) is 11.9 Å². The van der Waals surface area contributed by atoms with E-state index >= 15 is 0 Å². The fourth-order valence-electron chi connectivity index (χ4n) is 2.97. The minimum absolute atomic E-state index is 0.0211. The third-order valence-corrected chi connectivity index (χ3v) is 5.43. The van der Waals surface area contributed by atoms with Gasteiger partial charge in [0.15, 0.2) is 0 Å². The van der Waals surface area contributed by atoms with Crippen LogP contribution in [0.2, 0.25) is 5.02 Å². The summed E-state index contributed by atoms with van der Waals surface area (Å²) in [6, 6.07) is 8.06. The standard InChI is InChI=1S/C16H22ClN3OS/c17-14-4-2-13(3-5-14)10-19-6-1-7-20(9-8-19)16(21)15-11-22-12-18-15/h2-5,15,18H,1,6-12H2. The molecule has 22 heavy (non-hydrogen) atoms. The lowest BCUT2D eigenvalue weighted by atomic mass is 10.2. The van der Waals surface area contributed by atoms with Gasteiger partial charge in [0, 0.05) is 49.4 Å². The van der Waals surface area contributed by atoms with Crippen LogP contribution < -0.4 is 5.32 Å². The summed E-state index contributed by atoms with van der Waals surface area (Å²) >= 11 is 7.73. The Hall–Kier alpha value is -0.750. The van der Waals surface area contributed by atoms with E-state index in [1.54, 1.807) is 11.8 Å². The molecule has 4 nitrogen and oxygen atoms in total. The summed E-state index contributed by atoms with van der Waals surface area (Å²) in [6.07, 6.45) is 1.04. The number of thioether (sulfide) groups is 1. The average molecular weight is 340 g/mol. The molecule has 1 unspecified atom stereocenters. The van der Waals surface area contributed by atoms with Crippen molar-refractivity contribution >= 4 is 29.3 Å². The number of hydrogen-bond donors (Lipinski definition) is 1. The van der Waals surface area contributed by atoms with Crippen LogP contribution in [0.4, 0.5) is 0 Å². The first-order valence-electron chi connectivity index (χ1n) is 7.79. The second kappa shape index (κ2) is 7.68. The van der Waals surface area contributed by atoms with E-state index in [0.29, 0.717) is 0 Å². The monoisotopic (exact) mass is 339 g/mol. The molecule has 0 spiro atoms. The van der Waals surface area contributed by atoms with E-state index in [1.165, 1.54) is 5.56 Å². The number of amides is 1. The maximum atomic E-state index is 12.5. The Labute approximate surface area is 141 Å². The molecule has 6 heteroatoms. The van der Waals surface area contributed by atoms with Crippen LogP contribution in [-0.4, -0.2) is 59.6 Å². The van der Waals surface area contributed by atoms with Crippen LogP contribution in [0.3, 0.4) is 0 Å². The van der Waals surface area contributed by atoms with Crippen molar-refractivity contribution in [1.29, 1.82) is 0 Å². The van der Waals surface area contributed by atoms with Crippen molar-refractivity contribution in [2.45, 2.75) is 19.0 Å². The van der Waals surface area contributed by atoms with Gasteiger partial charge in [0.25, 0.3) is 0 Å². The molecule has 1 N–H and O–H groups in total. The molecule has 0 aliphatic carbocycles. The highest BCUT2D eigenvalue weighted by atomic mass is 35.5. The SMILES string of the molecule is O=C(C1CSCN1)N1CCCN(Cc2ccc(Cl)cc2)CC1. The molecule has 1 aromatic rings. The molecule has 2 heterocycles. The van der Waals surface area contributed by atoms with Gasteiger partial charge in [-0.15, -0.1) is 11.8 Å². The van der Waals surface area contributed by atoms with Crippen molar-refractivity contribution in [2.75, 3.05) is 37.8 Å². The van der Waals surface area contributed by atoms with Crippen LogP contribution in [-0.2, 0) is 11.3 Å². The Bertz CT molecular complexity index is 505. The lowest BCUT2D eigenvalue weighted by Crippen LogP contribution is -2.46. The highest BCUT2D eigenvalue weighted by Crippen LogP contribution is 2.15. The number of nitrogens with zero attached hydrogens (tertiary/aromatic N) is 2. The Kier molecular flexibility index (Phi) is 5.63. The fraction of sp³-hybridized carbons (Fsp3) is 0.562. The molecule has 120 valence electrons. The largest absolute Gasteiger partial charge is 0.340 e. The molecule has 2 fully saturated rings. The Morgan fingerprint density at radius 2 is 2.05 bits per heavy atom. The number of carbonyl (C=O) groups is 1. The summed E-state index contributed by atoms with van der Waals surface area (Å²) in [5, 5.41) is 4.05. The minimum Gasteiger partial charge on any atom is -0.340 e. The summed E-state index contributed by atoms with van der Waals surface area (Å²) < 4.78 is 0. The first kappa shape index (κ1) is 16.1. The summed E-state index contributed by atoms with van der Waals surface area (Å²) in [4.78, 5) is 16.9. The van der Waals surface area contributed by atoms with E-state index in [1.807, 2.05) is 17.0 Å². The van der Waals surface area contributed by atoms with Gasteiger partial charge in [-0.25, -0.2) is 0 Å². The highest BCUT2D eigenvalue weighted by Gasteiger charge is 2.28. The first-order chi connectivity index (χ1) is 10.7. The molecule has 3 rings (SSSR count). The van der Waals surface area contributed by atoms with Gasteiger partial charge in [-0.3, -0.25) is 15.0 Å². The van der Waals surface area contributed by atoms with Crippen LogP contribution in [0.15, 0.2) is 24.3 Å². The second-order valence-corrected chi connectivity index (χ2v) is 7.32.